The molecule has 1 aromatic rings. The van der Waals surface area contributed by atoms with Crippen LogP contribution < -0.4 is 10.1 Å². The molecule has 0 spiro atoms. The van der Waals surface area contributed by atoms with Gasteiger partial charge in [0.15, 0.2) is 0 Å². The molecule has 1 unspecified atom stereocenters. The fourth-order valence-electron chi connectivity index (χ4n) is 1.95. The first kappa shape index (κ1) is 15.0. The van der Waals surface area contributed by atoms with Crippen molar-refractivity contribution in [2.45, 2.75) is 47.1 Å². The molecule has 0 fully saturated rings. The minimum absolute atomic E-state index is 0.322. The van der Waals surface area contributed by atoms with Crippen LogP contribution in [0.15, 0.2) is 18.2 Å². The van der Waals surface area contributed by atoms with Crippen LogP contribution in [-0.2, 0) is 0 Å². The van der Waals surface area contributed by atoms with Gasteiger partial charge in [0.05, 0.1) is 7.11 Å². The summed E-state index contributed by atoms with van der Waals surface area (Å²) in [4.78, 5) is 0. The average molecular weight is 249 g/mol. The lowest BCUT2D eigenvalue weighted by Gasteiger charge is -2.22. The Morgan fingerprint density at radius 2 is 1.94 bits per heavy atom. The van der Waals surface area contributed by atoms with Crippen molar-refractivity contribution in [2.75, 3.05) is 13.7 Å². The summed E-state index contributed by atoms with van der Waals surface area (Å²) < 4.78 is 5.45. The number of methoxy groups -OCH3 is 1. The number of rotatable bonds is 5. The second-order valence-corrected chi connectivity index (χ2v) is 6.23. The van der Waals surface area contributed by atoms with Crippen molar-refractivity contribution in [1.29, 1.82) is 0 Å². The van der Waals surface area contributed by atoms with Gasteiger partial charge in [-0.05, 0) is 43.9 Å². The van der Waals surface area contributed by atoms with Gasteiger partial charge >= 0.3 is 0 Å². The molecular weight excluding hydrogens is 222 g/mol. The van der Waals surface area contributed by atoms with E-state index in [0.717, 1.165) is 12.3 Å². The first-order valence-corrected chi connectivity index (χ1v) is 6.71. The van der Waals surface area contributed by atoms with Gasteiger partial charge in [-0.1, -0.05) is 32.9 Å². The Hall–Kier alpha value is -1.02. The molecule has 0 aromatic heterocycles. The number of aryl methyl sites for hydroxylation is 1. The van der Waals surface area contributed by atoms with Crippen LogP contribution in [0.1, 0.15) is 51.3 Å². The van der Waals surface area contributed by atoms with Gasteiger partial charge < -0.3 is 10.1 Å². The van der Waals surface area contributed by atoms with E-state index >= 15 is 0 Å². The zero-order chi connectivity index (χ0) is 13.8. The maximum absolute atomic E-state index is 5.45. The number of benzene rings is 1. The minimum atomic E-state index is 0.322. The van der Waals surface area contributed by atoms with Crippen LogP contribution >= 0.6 is 0 Å². The molecule has 2 heteroatoms. The highest BCUT2D eigenvalue weighted by atomic mass is 16.5. The quantitative estimate of drug-likeness (QED) is 0.848. The molecule has 0 saturated carbocycles. The average Bonchev–Trinajstić information content (AvgIpc) is 2.26. The van der Waals surface area contributed by atoms with Crippen molar-refractivity contribution in [3.8, 4) is 5.75 Å². The van der Waals surface area contributed by atoms with E-state index in [9.17, 15) is 0 Å². The molecule has 0 saturated heterocycles. The zero-order valence-corrected chi connectivity index (χ0v) is 12.6. The van der Waals surface area contributed by atoms with Crippen molar-refractivity contribution in [3.63, 3.8) is 0 Å². The fraction of sp³-hybridized carbons (Fsp3) is 0.625. The van der Waals surface area contributed by atoms with Crippen molar-refractivity contribution in [2.24, 2.45) is 5.41 Å². The molecule has 0 aliphatic carbocycles. The molecule has 0 amide bonds. The first-order valence-electron chi connectivity index (χ1n) is 6.71. The molecule has 2 nitrogen and oxygen atoms in total. The highest BCUT2D eigenvalue weighted by molar-refractivity contribution is 5.38. The summed E-state index contributed by atoms with van der Waals surface area (Å²) in [6.45, 7) is 12.1. The van der Waals surface area contributed by atoms with Crippen LogP contribution in [0.25, 0.3) is 0 Å². The lowest BCUT2D eigenvalue weighted by atomic mass is 9.92. The summed E-state index contributed by atoms with van der Waals surface area (Å²) in [5, 5.41) is 3.57. The molecule has 18 heavy (non-hydrogen) atoms. The second-order valence-electron chi connectivity index (χ2n) is 6.23. The molecular formula is C16H27NO. The zero-order valence-electron chi connectivity index (χ0n) is 12.6. The summed E-state index contributed by atoms with van der Waals surface area (Å²) >= 11 is 0. The predicted octanol–water partition coefficient (Wildman–Crippen LogP) is 4.09. The van der Waals surface area contributed by atoms with Crippen LogP contribution in [0.2, 0.25) is 0 Å². The van der Waals surface area contributed by atoms with E-state index in [4.69, 9.17) is 4.74 Å². The second kappa shape index (κ2) is 6.24. The third kappa shape index (κ3) is 4.69. The van der Waals surface area contributed by atoms with E-state index in [1.54, 1.807) is 7.11 Å². The maximum Gasteiger partial charge on any atom is 0.123 e. The van der Waals surface area contributed by atoms with E-state index in [1.807, 2.05) is 0 Å². The molecule has 1 aromatic carbocycles. The van der Waals surface area contributed by atoms with Gasteiger partial charge in [-0.15, -0.1) is 0 Å². The van der Waals surface area contributed by atoms with Crippen LogP contribution in [0.4, 0.5) is 0 Å². The Kier molecular flexibility index (Phi) is 5.21. The number of ether oxygens (including phenoxy) is 1. The molecule has 0 aliphatic heterocycles. The van der Waals surface area contributed by atoms with E-state index < -0.39 is 0 Å². The van der Waals surface area contributed by atoms with Gasteiger partial charge in [0, 0.05) is 11.6 Å². The summed E-state index contributed by atoms with van der Waals surface area (Å²) in [5.74, 6) is 0.978. The number of hydrogen-bond acceptors (Lipinski definition) is 2. The third-order valence-corrected chi connectivity index (χ3v) is 3.18. The summed E-state index contributed by atoms with van der Waals surface area (Å²) in [6.07, 6.45) is 1.17. The van der Waals surface area contributed by atoms with Gasteiger partial charge in [-0.25, -0.2) is 0 Å². The van der Waals surface area contributed by atoms with Crippen molar-refractivity contribution in [3.05, 3.63) is 29.3 Å². The Labute approximate surface area is 112 Å². The van der Waals surface area contributed by atoms with Gasteiger partial charge in [0.1, 0.15) is 5.75 Å². The Morgan fingerprint density at radius 3 is 2.50 bits per heavy atom. The highest BCUT2D eigenvalue weighted by Crippen LogP contribution is 2.26. The SMILES string of the molecule is COc1cc(C)ccc1C(C)NCCC(C)(C)C. The topological polar surface area (TPSA) is 21.3 Å². The number of nitrogens with one attached hydrogen (secondary N) is 1. The smallest absolute Gasteiger partial charge is 0.123 e. The van der Waals surface area contributed by atoms with E-state index in [0.29, 0.717) is 11.5 Å². The molecule has 0 heterocycles. The summed E-state index contributed by atoms with van der Waals surface area (Å²) in [5.41, 5.74) is 2.85. The van der Waals surface area contributed by atoms with Gasteiger partial charge in [-0.3, -0.25) is 0 Å². The lowest BCUT2D eigenvalue weighted by Crippen LogP contribution is -2.24. The van der Waals surface area contributed by atoms with Crippen LogP contribution in [-0.4, -0.2) is 13.7 Å². The summed E-state index contributed by atoms with van der Waals surface area (Å²) in [7, 11) is 1.74. The van der Waals surface area contributed by atoms with E-state index in [2.05, 4.69) is 58.1 Å². The van der Waals surface area contributed by atoms with Gasteiger partial charge in [0.25, 0.3) is 0 Å². The fourth-order valence-corrected chi connectivity index (χ4v) is 1.95. The van der Waals surface area contributed by atoms with E-state index in [1.165, 1.54) is 17.5 Å². The minimum Gasteiger partial charge on any atom is -0.496 e. The monoisotopic (exact) mass is 249 g/mol. The molecule has 1 rings (SSSR count). The lowest BCUT2D eigenvalue weighted by molar-refractivity contribution is 0.354. The van der Waals surface area contributed by atoms with Gasteiger partial charge in [0.2, 0.25) is 0 Å². The van der Waals surface area contributed by atoms with Crippen LogP contribution in [0, 0.1) is 12.3 Å². The highest BCUT2D eigenvalue weighted by Gasteiger charge is 2.13. The standard InChI is InChI=1S/C16H27NO/c1-12-7-8-14(15(11-12)18-6)13(2)17-10-9-16(3,4)5/h7-8,11,13,17H,9-10H2,1-6H3. The Balaban J connectivity index is 2.64. The third-order valence-electron chi connectivity index (χ3n) is 3.18. The van der Waals surface area contributed by atoms with Crippen LogP contribution in [0.5, 0.6) is 5.75 Å². The molecule has 1 atom stereocenters. The largest absolute Gasteiger partial charge is 0.496 e. The molecule has 1 N–H and O–H groups in total. The molecule has 0 aliphatic rings. The molecule has 0 bridgehead atoms. The molecule has 0 radical (unpaired) electrons. The molecule has 102 valence electrons. The van der Waals surface area contributed by atoms with Crippen molar-refractivity contribution in [1.82, 2.24) is 5.32 Å². The van der Waals surface area contributed by atoms with Gasteiger partial charge in [-0.2, -0.15) is 0 Å². The summed E-state index contributed by atoms with van der Waals surface area (Å²) in [6, 6.07) is 6.71. The Morgan fingerprint density at radius 1 is 1.28 bits per heavy atom. The normalized spacial score (nSPS) is 13.4. The van der Waals surface area contributed by atoms with Crippen molar-refractivity contribution >= 4 is 0 Å². The van der Waals surface area contributed by atoms with Crippen LogP contribution in [0.3, 0.4) is 0 Å². The maximum atomic E-state index is 5.45. The predicted molar refractivity (Wildman–Crippen MR) is 78.2 cm³/mol. The number of hydrogen-bond donors (Lipinski definition) is 1. The Bertz CT molecular complexity index is 379. The van der Waals surface area contributed by atoms with Crippen molar-refractivity contribution < 1.29 is 4.74 Å². The first-order chi connectivity index (χ1) is 8.33. The van der Waals surface area contributed by atoms with E-state index in [-0.39, 0.29) is 0 Å².